The summed E-state index contributed by atoms with van der Waals surface area (Å²) in [6.07, 6.45) is 1.76. The maximum atomic E-state index is 5.98. The number of H-pyrrole nitrogens is 1. The van der Waals surface area contributed by atoms with E-state index in [0.717, 1.165) is 42.3 Å². The predicted octanol–water partition coefficient (Wildman–Crippen LogP) is 2.25. The van der Waals surface area contributed by atoms with Crippen LogP contribution >= 0.6 is 11.6 Å². The molecule has 2 heterocycles. The Labute approximate surface area is 127 Å². The zero-order chi connectivity index (χ0) is 14.8. The van der Waals surface area contributed by atoms with Crippen molar-refractivity contribution in [3.05, 3.63) is 41.2 Å². The van der Waals surface area contributed by atoms with Gasteiger partial charge in [-0.3, -0.25) is 4.90 Å². The van der Waals surface area contributed by atoms with Crippen LogP contribution in [0.4, 0.5) is 0 Å². The van der Waals surface area contributed by atoms with E-state index in [4.69, 9.17) is 11.6 Å². The van der Waals surface area contributed by atoms with Crippen LogP contribution in [0.25, 0.3) is 11.0 Å². The van der Waals surface area contributed by atoms with E-state index in [1.54, 1.807) is 6.33 Å². The van der Waals surface area contributed by atoms with Gasteiger partial charge in [0.2, 0.25) is 0 Å². The Morgan fingerprint density at radius 1 is 1.38 bits per heavy atom. The molecule has 3 rings (SSSR count). The second-order valence-corrected chi connectivity index (χ2v) is 5.59. The molecule has 0 aliphatic heterocycles. The van der Waals surface area contributed by atoms with Gasteiger partial charge in [0.05, 0.1) is 17.6 Å². The Morgan fingerprint density at radius 2 is 2.24 bits per heavy atom. The van der Waals surface area contributed by atoms with Crippen molar-refractivity contribution in [2.24, 2.45) is 0 Å². The number of hydrogen-bond acceptors (Lipinski definition) is 4. The first-order chi connectivity index (χ1) is 10.1. The summed E-state index contributed by atoms with van der Waals surface area (Å²) in [6.45, 7) is 4.47. The van der Waals surface area contributed by atoms with Gasteiger partial charge in [-0.05, 0) is 32.2 Å². The second kappa shape index (κ2) is 5.83. The van der Waals surface area contributed by atoms with Gasteiger partial charge in [0.1, 0.15) is 18.0 Å². The lowest BCUT2D eigenvalue weighted by molar-refractivity contribution is 0.304. The van der Waals surface area contributed by atoms with Crippen molar-refractivity contribution in [3.63, 3.8) is 0 Å². The first kappa shape index (κ1) is 14.0. The van der Waals surface area contributed by atoms with E-state index in [9.17, 15) is 0 Å². The fraction of sp³-hybridized carbons (Fsp3) is 0.357. The molecular formula is C14H17ClN6. The Hall–Kier alpha value is -1.92. The molecule has 0 amide bonds. The number of nitrogens with zero attached hydrogens (tertiary/aromatic N) is 5. The largest absolute Gasteiger partial charge is 0.341 e. The summed E-state index contributed by atoms with van der Waals surface area (Å²) in [7, 11) is 2.07. The van der Waals surface area contributed by atoms with Crippen molar-refractivity contribution >= 4 is 22.6 Å². The number of benzene rings is 1. The van der Waals surface area contributed by atoms with E-state index in [0.29, 0.717) is 5.02 Å². The number of imidazole rings is 1. The van der Waals surface area contributed by atoms with Crippen molar-refractivity contribution < 1.29 is 0 Å². The van der Waals surface area contributed by atoms with Crippen molar-refractivity contribution in [2.45, 2.75) is 20.0 Å². The van der Waals surface area contributed by atoms with Crippen molar-refractivity contribution in [1.82, 2.24) is 29.6 Å². The number of aromatic nitrogens is 5. The summed E-state index contributed by atoms with van der Waals surface area (Å²) in [6, 6.07) is 5.68. The molecule has 0 aliphatic rings. The van der Waals surface area contributed by atoms with Gasteiger partial charge in [-0.25, -0.2) is 4.98 Å². The molecule has 21 heavy (non-hydrogen) atoms. The van der Waals surface area contributed by atoms with E-state index in [-0.39, 0.29) is 0 Å². The van der Waals surface area contributed by atoms with Crippen LogP contribution < -0.4 is 0 Å². The molecule has 0 bridgehead atoms. The van der Waals surface area contributed by atoms with Gasteiger partial charge in [0.25, 0.3) is 0 Å². The van der Waals surface area contributed by atoms with Crippen molar-refractivity contribution in [1.29, 1.82) is 0 Å². The Balaban J connectivity index is 1.63. The predicted molar refractivity (Wildman–Crippen MR) is 82.2 cm³/mol. The summed E-state index contributed by atoms with van der Waals surface area (Å²) in [4.78, 5) is 10.1. The minimum Gasteiger partial charge on any atom is -0.341 e. The molecule has 1 N–H and O–H groups in total. The van der Waals surface area contributed by atoms with Gasteiger partial charge in [-0.2, -0.15) is 0 Å². The standard InChI is InChI=1S/C14H17ClN6/c1-10-19-16-9-21(10)6-5-20(2)8-14-17-12-4-3-11(15)7-13(12)18-14/h3-4,7,9H,5-6,8H2,1-2H3,(H,17,18). The molecule has 0 atom stereocenters. The average molecular weight is 305 g/mol. The van der Waals surface area contributed by atoms with Crippen LogP contribution in [0.1, 0.15) is 11.6 Å². The molecule has 0 saturated heterocycles. The Morgan fingerprint density at radius 3 is 3.00 bits per heavy atom. The number of halogens is 1. The molecule has 0 unspecified atom stereocenters. The lowest BCUT2D eigenvalue weighted by atomic mass is 10.3. The molecule has 7 heteroatoms. The number of hydrogen-bond donors (Lipinski definition) is 1. The van der Waals surface area contributed by atoms with Crippen LogP contribution in [0.3, 0.4) is 0 Å². The molecule has 110 valence electrons. The fourth-order valence-corrected chi connectivity index (χ4v) is 2.43. The molecule has 0 spiro atoms. The Bertz CT molecular complexity index is 747. The SMILES string of the molecule is Cc1nncn1CCN(C)Cc1nc2ccc(Cl)cc2[nH]1. The summed E-state index contributed by atoms with van der Waals surface area (Å²) < 4.78 is 2.04. The Kier molecular flexibility index (Phi) is 3.90. The van der Waals surface area contributed by atoms with Crippen molar-refractivity contribution in [2.75, 3.05) is 13.6 Å². The van der Waals surface area contributed by atoms with E-state index in [2.05, 4.69) is 32.1 Å². The monoisotopic (exact) mass is 304 g/mol. The number of likely N-dealkylation sites (N-methyl/N-ethyl adjacent to an activating group) is 1. The van der Waals surface area contributed by atoms with Crippen LogP contribution in [0.5, 0.6) is 0 Å². The number of fused-ring (bicyclic) bond motifs is 1. The molecule has 1 aromatic carbocycles. The number of nitrogens with one attached hydrogen (secondary N) is 1. The summed E-state index contributed by atoms with van der Waals surface area (Å²) >= 11 is 5.98. The van der Waals surface area contributed by atoms with Gasteiger partial charge in [0.15, 0.2) is 0 Å². The minimum atomic E-state index is 0.717. The van der Waals surface area contributed by atoms with E-state index < -0.39 is 0 Å². The average Bonchev–Trinajstić information content (AvgIpc) is 3.01. The molecule has 0 saturated carbocycles. The van der Waals surface area contributed by atoms with Gasteiger partial charge >= 0.3 is 0 Å². The minimum absolute atomic E-state index is 0.717. The highest BCUT2D eigenvalue weighted by atomic mass is 35.5. The zero-order valence-corrected chi connectivity index (χ0v) is 12.8. The lowest BCUT2D eigenvalue weighted by Gasteiger charge is -2.15. The number of rotatable bonds is 5. The molecule has 6 nitrogen and oxygen atoms in total. The van der Waals surface area contributed by atoms with Crippen LogP contribution in [0, 0.1) is 6.92 Å². The van der Waals surface area contributed by atoms with Gasteiger partial charge in [0, 0.05) is 18.1 Å². The number of aromatic amines is 1. The first-order valence-corrected chi connectivity index (χ1v) is 7.17. The first-order valence-electron chi connectivity index (χ1n) is 6.79. The van der Waals surface area contributed by atoms with Gasteiger partial charge in [-0.1, -0.05) is 11.6 Å². The highest BCUT2D eigenvalue weighted by Crippen LogP contribution is 2.17. The van der Waals surface area contributed by atoms with Crippen molar-refractivity contribution in [3.8, 4) is 0 Å². The van der Waals surface area contributed by atoms with E-state index in [1.807, 2.05) is 29.7 Å². The molecule has 0 radical (unpaired) electrons. The fourth-order valence-electron chi connectivity index (χ4n) is 2.25. The third kappa shape index (κ3) is 3.22. The third-order valence-corrected chi connectivity index (χ3v) is 3.68. The second-order valence-electron chi connectivity index (χ2n) is 5.15. The van der Waals surface area contributed by atoms with Crippen LogP contribution in [0.15, 0.2) is 24.5 Å². The quantitative estimate of drug-likeness (QED) is 0.785. The zero-order valence-electron chi connectivity index (χ0n) is 12.0. The highest BCUT2D eigenvalue weighted by Gasteiger charge is 2.07. The van der Waals surface area contributed by atoms with Gasteiger partial charge < -0.3 is 9.55 Å². The summed E-state index contributed by atoms with van der Waals surface area (Å²) in [5, 5.41) is 8.58. The molecule has 0 aliphatic carbocycles. The van der Waals surface area contributed by atoms with E-state index >= 15 is 0 Å². The topological polar surface area (TPSA) is 62.6 Å². The van der Waals surface area contributed by atoms with E-state index in [1.165, 1.54) is 0 Å². The van der Waals surface area contributed by atoms with Crippen LogP contribution in [-0.4, -0.2) is 43.2 Å². The number of aryl methyl sites for hydroxylation is 1. The molecular weight excluding hydrogens is 288 g/mol. The van der Waals surface area contributed by atoms with Crippen LogP contribution in [0.2, 0.25) is 5.02 Å². The maximum Gasteiger partial charge on any atom is 0.129 e. The normalized spacial score (nSPS) is 11.6. The smallest absolute Gasteiger partial charge is 0.129 e. The third-order valence-electron chi connectivity index (χ3n) is 3.44. The lowest BCUT2D eigenvalue weighted by Crippen LogP contribution is -2.23. The molecule has 3 aromatic rings. The molecule has 0 fully saturated rings. The summed E-state index contributed by atoms with van der Waals surface area (Å²) in [5.74, 6) is 1.87. The van der Waals surface area contributed by atoms with Crippen LogP contribution in [-0.2, 0) is 13.1 Å². The van der Waals surface area contributed by atoms with Gasteiger partial charge in [-0.15, -0.1) is 10.2 Å². The highest BCUT2D eigenvalue weighted by molar-refractivity contribution is 6.31. The molecule has 2 aromatic heterocycles. The summed E-state index contributed by atoms with van der Waals surface area (Å²) in [5.41, 5.74) is 1.91. The maximum absolute atomic E-state index is 5.98.